The molecule has 1 N–H and O–H groups in total. The number of benzene rings is 2. The molecule has 1 aliphatic heterocycles. The lowest BCUT2D eigenvalue weighted by Gasteiger charge is -2.43. The summed E-state index contributed by atoms with van der Waals surface area (Å²) in [5.41, 5.74) is 1.81. The molecule has 1 atom stereocenters. The predicted octanol–water partition coefficient (Wildman–Crippen LogP) is 2.71. The smallest absolute Gasteiger partial charge is 0.359 e. The number of hydrogen-bond acceptors (Lipinski definition) is 5. The molecule has 2 amide bonds. The molecule has 33 heavy (non-hydrogen) atoms. The second-order valence-electron chi connectivity index (χ2n) is 8.38. The second kappa shape index (κ2) is 8.90. The summed E-state index contributed by atoms with van der Waals surface area (Å²) in [5.74, 6) is -1.42. The molecule has 0 fully saturated rings. The molecular formula is C25H26N4O4. The zero-order valence-electron chi connectivity index (χ0n) is 18.9. The highest BCUT2D eigenvalue weighted by atomic mass is 16.5. The number of rotatable bonds is 6. The third-order valence-electron chi connectivity index (χ3n) is 5.98. The van der Waals surface area contributed by atoms with Crippen molar-refractivity contribution in [3.05, 3.63) is 89.0 Å². The van der Waals surface area contributed by atoms with E-state index in [9.17, 15) is 14.4 Å². The molecule has 3 aromatic rings. The van der Waals surface area contributed by atoms with Gasteiger partial charge in [0.25, 0.3) is 5.91 Å². The Labute approximate surface area is 192 Å². The van der Waals surface area contributed by atoms with Crippen LogP contribution < -0.4 is 5.32 Å². The number of carbonyl (C=O) groups is 3. The van der Waals surface area contributed by atoms with E-state index in [4.69, 9.17) is 4.74 Å². The Kier molecular flexibility index (Phi) is 6.00. The Balaban J connectivity index is 1.69. The van der Waals surface area contributed by atoms with Gasteiger partial charge in [-0.2, -0.15) is 0 Å². The number of hydrogen-bond donors (Lipinski definition) is 1. The maximum atomic E-state index is 13.7. The SMILES string of the molecule is COC(=O)c1ncn2c1C(=O)N(Cc1ccc(C)cc1)[C@@](C)(C(=O)NCc1ccccc1)C2. The molecule has 0 bridgehead atoms. The van der Waals surface area contributed by atoms with Crippen LogP contribution in [0.1, 0.15) is 44.6 Å². The Hall–Kier alpha value is -3.94. The van der Waals surface area contributed by atoms with E-state index in [0.29, 0.717) is 6.54 Å². The molecule has 1 aromatic heterocycles. The van der Waals surface area contributed by atoms with Gasteiger partial charge in [-0.15, -0.1) is 0 Å². The van der Waals surface area contributed by atoms with E-state index in [1.165, 1.54) is 18.3 Å². The van der Waals surface area contributed by atoms with Crippen LogP contribution in [0.5, 0.6) is 0 Å². The number of ether oxygens (including phenoxy) is 1. The summed E-state index contributed by atoms with van der Waals surface area (Å²) in [6.45, 7) is 4.43. The fourth-order valence-corrected chi connectivity index (χ4v) is 4.03. The first kappa shape index (κ1) is 22.3. The van der Waals surface area contributed by atoms with Gasteiger partial charge in [0.2, 0.25) is 5.91 Å². The van der Waals surface area contributed by atoms with Crippen molar-refractivity contribution in [1.82, 2.24) is 19.8 Å². The van der Waals surface area contributed by atoms with Crippen LogP contribution >= 0.6 is 0 Å². The van der Waals surface area contributed by atoms with Gasteiger partial charge in [-0.3, -0.25) is 9.59 Å². The molecule has 0 saturated heterocycles. The van der Waals surface area contributed by atoms with Crippen LogP contribution in [0.4, 0.5) is 0 Å². The molecule has 0 aliphatic carbocycles. The quantitative estimate of drug-likeness (QED) is 0.588. The molecule has 0 saturated carbocycles. The molecular weight excluding hydrogens is 420 g/mol. The van der Waals surface area contributed by atoms with Crippen LogP contribution in [0.15, 0.2) is 60.9 Å². The number of imidazole rings is 1. The first-order valence-electron chi connectivity index (χ1n) is 10.7. The largest absolute Gasteiger partial charge is 0.464 e. The zero-order valence-corrected chi connectivity index (χ0v) is 18.9. The van der Waals surface area contributed by atoms with Gasteiger partial charge in [-0.05, 0) is 25.0 Å². The minimum Gasteiger partial charge on any atom is -0.464 e. The molecule has 8 heteroatoms. The van der Waals surface area contributed by atoms with Crippen molar-refractivity contribution in [3.8, 4) is 0 Å². The molecule has 0 radical (unpaired) electrons. The lowest BCUT2D eigenvalue weighted by Crippen LogP contribution is -2.63. The topological polar surface area (TPSA) is 93.5 Å². The summed E-state index contributed by atoms with van der Waals surface area (Å²) in [7, 11) is 1.24. The Bertz CT molecular complexity index is 1190. The summed E-state index contributed by atoms with van der Waals surface area (Å²) < 4.78 is 6.36. The highest BCUT2D eigenvalue weighted by molar-refractivity contribution is 6.06. The van der Waals surface area contributed by atoms with Crippen molar-refractivity contribution in [2.45, 2.75) is 39.0 Å². The number of carbonyl (C=O) groups excluding carboxylic acids is 3. The number of methoxy groups -OCH3 is 1. The maximum absolute atomic E-state index is 13.7. The standard InChI is InChI=1S/C25H26N4O4/c1-17-9-11-19(12-10-17)14-29-22(30)21-20(23(31)33-3)27-16-28(21)15-25(29,2)24(32)26-13-18-7-5-4-6-8-18/h4-12,16H,13-15H2,1-3H3,(H,26,32)/t25-/m1/s1. The van der Waals surface area contributed by atoms with E-state index in [1.54, 1.807) is 11.5 Å². The summed E-state index contributed by atoms with van der Waals surface area (Å²) in [6, 6.07) is 17.4. The normalized spacial score (nSPS) is 17.4. The van der Waals surface area contributed by atoms with E-state index in [1.807, 2.05) is 61.5 Å². The maximum Gasteiger partial charge on any atom is 0.359 e. The Morgan fingerprint density at radius 2 is 1.79 bits per heavy atom. The van der Waals surface area contributed by atoms with Crippen molar-refractivity contribution >= 4 is 17.8 Å². The van der Waals surface area contributed by atoms with Crippen molar-refractivity contribution in [2.24, 2.45) is 0 Å². The first-order valence-corrected chi connectivity index (χ1v) is 10.7. The van der Waals surface area contributed by atoms with Gasteiger partial charge in [0.05, 0.1) is 20.0 Å². The monoisotopic (exact) mass is 446 g/mol. The van der Waals surface area contributed by atoms with Gasteiger partial charge < -0.3 is 19.5 Å². The molecule has 4 rings (SSSR count). The van der Waals surface area contributed by atoms with Crippen molar-refractivity contribution in [1.29, 1.82) is 0 Å². The summed E-state index contributed by atoms with van der Waals surface area (Å²) in [4.78, 5) is 44.9. The minimum absolute atomic E-state index is 0.0526. The predicted molar refractivity (Wildman–Crippen MR) is 121 cm³/mol. The summed E-state index contributed by atoms with van der Waals surface area (Å²) in [5, 5.41) is 2.97. The van der Waals surface area contributed by atoms with Crippen LogP contribution in [0.2, 0.25) is 0 Å². The average molecular weight is 447 g/mol. The first-order chi connectivity index (χ1) is 15.8. The lowest BCUT2D eigenvalue weighted by atomic mass is 9.93. The summed E-state index contributed by atoms with van der Waals surface area (Å²) >= 11 is 0. The number of nitrogens with one attached hydrogen (secondary N) is 1. The fourth-order valence-electron chi connectivity index (χ4n) is 4.03. The van der Waals surface area contributed by atoms with E-state index >= 15 is 0 Å². The van der Waals surface area contributed by atoms with E-state index in [2.05, 4.69) is 10.3 Å². The van der Waals surface area contributed by atoms with E-state index in [0.717, 1.165) is 16.7 Å². The minimum atomic E-state index is -1.20. The van der Waals surface area contributed by atoms with Crippen LogP contribution in [0, 0.1) is 6.92 Å². The molecule has 1 aliphatic rings. The third-order valence-corrected chi connectivity index (χ3v) is 5.98. The van der Waals surface area contributed by atoms with Crippen LogP contribution in [0.3, 0.4) is 0 Å². The van der Waals surface area contributed by atoms with Gasteiger partial charge in [-0.25, -0.2) is 9.78 Å². The van der Waals surface area contributed by atoms with E-state index in [-0.39, 0.29) is 30.4 Å². The fraction of sp³-hybridized carbons (Fsp3) is 0.280. The van der Waals surface area contributed by atoms with Gasteiger partial charge in [0.15, 0.2) is 5.69 Å². The number of aromatic nitrogens is 2. The number of aryl methyl sites for hydroxylation is 1. The molecule has 2 heterocycles. The van der Waals surface area contributed by atoms with Crippen LogP contribution in [-0.4, -0.2) is 44.9 Å². The van der Waals surface area contributed by atoms with Crippen molar-refractivity contribution < 1.29 is 19.1 Å². The van der Waals surface area contributed by atoms with Crippen LogP contribution in [-0.2, 0) is 29.2 Å². The molecule has 0 spiro atoms. The highest BCUT2D eigenvalue weighted by Crippen LogP contribution is 2.31. The molecule has 0 unspecified atom stereocenters. The Morgan fingerprint density at radius 1 is 1.09 bits per heavy atom. The van der Waals surface area contributed by atoms with Gasteiger partial charge in [0, 0.05) is 13.1 Å². The highest BCUT2D eigenvalue weighted by Gasteiger charge is 2.48. The second-order valence-corrected chi connectivity index (χ2v) is 8.38. The van der Waals surface area contributed by atoms with Crippen molar-refractivity contribution in [2.75, 3.05) is 7.11 Å². The van der Waals surface area contributed by atoms with Crippen LogP contribution in [0.25, 0.3) is 0 Å². The zero-order chi connectivity index (χ0) is 23.6. The van der Waals surface area contributed by atoms with Crippen molar-refractivity contribution in [3.63, 3.8) is 0 Å². The molecule has 8 nitrogen and oxygen atoms in total. The van der Waals surface area contributed by atoms with Gasteiger partial charge >= 0.3 is 5.97 Å². The number of amides is 2. The molecule has 170 valence electrons. The molecule has 2 aromatic carbocycles. The van der Waals surface area contributed by atoms with Gasteiger partial charge in [-0.1, -0.05) is 60.2 Å². The van der Waals surface area contributed by atoms with E-state index < -0.39 is 17.4 Å². The number of esters is 1. The number of nitrogens with zero attached hydrogens (tertiary/aromatic N) is 3. The third kappa shape index (κ3) is 4.24. The number of fused-ring (bicyclic) bond motifs is 1. The Morgan fingerprint density at radius 3 is 2.45 bits per heavy atom. The average Bonchev–Trinajstić information content (AvgIpc) is 3.25. The van der Waals surface area contributed by atoms with Gasteiger partial charge in [0.1, 0.15) is 11.2 Å². The summed E-state index contributed by atoms with van der Waals surface area (Å²) in [6.07, 6.45) is 1.41. The lowest BCUT2D eigenvalue weighted by molar-refractivity contribution is -0.133.